The molecule has 1 fully saturated rings. The first-order valence-electron chi connectivity index (χ1n) is 10.9. The highest BCUT2D eigenvalue weighted by Gasteiger charge is 2.20. The number of pyridine rings is 1. The van der Waals surface area contributed by atoms with Crippen molar-refractivity contribution in [2.24, 2.45) is 0 Å². The van der Waals surface area contributed by atoms with Crippen LogP contribution < -0.4 is 15.6 Å². The van der Waals surface area contributed by atoms with Gasteiger partial charge in [-0.05, 0) is 37.5 Å². The first kappa shape index (κ1) is 24.3. The molecule has 4 rings (SSSR count). The van der Waals surface area contributed by atoms with Crippen molar-refractivity contribution in [1.82, 2.24) is 9.88 Å². The van der Waals surface area contributed by atoms with Gasteiger partial charge in [0.25, 0.3) is 5.56 Å². The van der Waals surface area contributed by atoms with Crippen LogP contribution in [0, 0.1) is 0 Å². The molecule has 0 unspecified atom stereocenters. The maximum Gasteiger partial charge on any atom is 0.328 e. The molecule has 0 amide bonds. The molecule has 178 valence electrons. The van der Waals surface area contributed by atoms with Crippen LogP contribution in [0.15, 0.2) is 29.1 Å². The van der Waals surface area contributed by atoms with Crippen LogP contribution >= 0.6 is 0 Å². The van der Waals surface area contributed by atoms with Crippen LogP contribution in [-0.2, 0) is 27.3 Å². The molecule has 0 saturated carbocycles. The molecule has 1 aromatic heterocycles. The summed E-state index contributed by atoms with van der Waals surface area (Å²) >= 11 is 0. The highest BCUT2D eigenvalue weighted by molar-refractivity contribution is 5.98. The van der Waals surface area contributed by atoms with Gasteiger partial charge in [-0.15, -0.1) is 0 Å². The fourth-order valence-corrected chi connectivity index (χ4v) is 3.92. The fourth-order valence-electron chi connectivity index (χ4n) is 3.92. The number of nitrogens with zero attached hydrogens (tertiary/aromatic N) is 1. The lowest BCUT2D eigenvalue weighted by atomic mass is 9.99. The smallest absolute Gasteiger partial charge is 0.328 e. The average molecular weight is 459 g/mol. The molecule has 1 aromatic carbocycles. The summed E-state index contributed by atoms with van der Waals surface area (Å²) in [5.74, 6) is -1.66. The Bertz CT molecular complexity index is 1070. The van der Waals surface area contributed by atoms with Crippen LogP contribution in [0.1, 0.15) is 24.5 Å². The quantitative estimate of drug-likeness (QED) is 0.476. The van der Waals surface area contributed by atoms with Gasteiger partial charge in [-0.2, -0.15) is 0 Å². The van der Waals surface area contributed by atoms with Crippen LogP contribution in [-0.4, -0.2) is 71.5 Å². The molecule has 2 aromatic rings. The highest BCUT2D eigenvalue weighted by atomic mass is 16.5. The van der Waals surface area contributed by atoms with Crippen LogP contribution in [0.2, 0.25) is 0 Å². The van der Waals surface area contributed by atoms with Crippen molar-refractivity contribution in [3.05, 3.63) is 45.8 Å². The first-order chi connectivity index (χ1) is 15.9. The van der Waals surface area contributed by atoms with E-state index in [4.69, 9.17) is 19.7 Å². The summed E-state index contributed by atoms with van der Waals surface area (Å²) in [5, 5.41) is 20.0. The van der Waals surface area contributed by atoms with Crippen LogP contribution in [0.4, 0.5) is 5.69 Å². The topological polar surface area (TPSA) is 141 Å². The van der Waals surface area contributed by atoms with Gasteiger partial charge in [-0.3, -0.25) is 9.69 Å². The summed E-state index contributed by atoms with van der Waals surface area (Å²) in [6.45, 7) is 7.75. The van der Waals surface area contributed by atoms with E-state index in [-0.39, 0.29) is 5.56 Å². The second kappa shape index (κ2) is 11.5. The van der Waals surface area contributed by atoms with E-state index in [9.17, 15) is 14.4 Å². The van der Waals surface area contributed by atoms with Crippen molar-refractivity contribution in [1.29, 1.82) is 0 Å². The zero-order valence-corrected chi connectivity index (χ0v) is 18.6. The molecule has 10 heteroatoms. The van der Waals surface area contributed by atoms with E-state index >= 15 is 0 Å². The summed E-state index contributed by atoms with van der Waals surface area (Å²) in [6.07, 6.45) is 2.92. The molecule has 2 aliphatic rings. The number of carbonyl (C=O) groups is 2. The van der Waals surface area contributed by atoms with Crippen molar-refractivity contribution in [3.63, 3.8) is 0 Å². The van der Waals surface area contributed by atoms with Crippen molar-refractivity contribution in [3.8, 4) is 5.75 Å². The lowest BCUT2D eigenvalue weighted by molar-refractivity contribution is -0.134. The minimum Gasteiger partial charge on any atom is -0.493 e. The summed E-state index contributed by atoms with van der Waals surface area (Å²) < 4.78 is 11.4. The molecule has 0 radical (unpaired) electrons. The van der Waals surface area contributed by atoms with E-state index in [0.717, 1.165) is 85.7 Å². The number of hydrogen-bond donors (Lipinski definition) is 4. The Labute approximate surface area is 190 Å². The van der Waals surface area contributed by atoms with Gasteiger partial charge in [0.2, 0.25) is 0 Å². The number of aromatic amines is 1. The van der Waals surface area contributed by atoms with E-state index in [1.54, 1.807) is 0 Å². The van der Waals surface area contributed by atoms with Crippen molar-refractivity contribution >= 4 is 28.5 Å². The Morgan fingerprint density at radius 1 is 1.18 bits per heavy atom. The van der Waals surface area contributed by atoms with Crippen molar-refractivity contribution in [2.45, 2.75) is 26.3 Å². The summed E-state index contributed by atoms with van der Waals surface area (Å²) in [6, 6.07) is 4.21. The number of anilines is 1. The van der Waals surface area contributed by atoms with Gasteiger partial charge in [0.1, 0.15) is 5.75 Å². The zero-order valence-electron chi connectivity index (χ0n) is 18.6. The second-order valence-corrected chi connectivity index (χ2v) is 7.69. The molecule has 2 aliphatic heterocycles. The third-order valence-corrected chi connectivity index (χ3v) is 5.32. The third-order valence-electron chi connectivity index (χ3n) is 5.32. The van der Waals surface area contributed by atoms with E-state index < -0.39 is 11.9 Å². The number of H-pyrrole nitrogens is 1. The maximum absolute atomic E-state index is 12.5. The normalized spacial score (nSPS) is 15.9. The Hall–Kier alpha value is -3.37. The molecule has 1 saturated heterocycles. The molecule has 4 N–H and O–H groups in total. The first-order valence-corrected chi connectivity index (χ1v) is 10.9. The highest BCUT2D eigenvalue weighted by Crippen LogP contribution is 2.36. The van der Waals surface area contributed by atoms with Gasteiger partial charge in [-0.1, -0.05) is 0 Å². The number of aliphatic carboxylic acids is 2. The number of morpholine rings is 1. The number of carboxylic acids is 2. The number of hydrogen-bond acceptors (Lipinski definition) is 7. The molecule has 0 atom stereocenters. The van der Waals surface area contributed by atoms with E-state index in [1.807, 2.05) is 6.92 Å². The van der Waals surface area contributed by atoms with Gasteiger partial charge in [-0.25, -0.2) is 9.59 Å². The van der Waals surface area contributed by atoms with Gasteiger partial charge in [0.15, 0.2) is 0 Å². The summed E-state index contributed by atoms with van der Waals surface area (Å²) in [7, 11) is 0. The van der Waals surface area contributed by atoms with Crippen LogP contribution in [0.3, 0.4) is 0 Å². The van der Waals surface area contributed by atoms with E-state index in [2.05, 4.69) is 27.3 Å². The monoisotopic (exact) mass is 459 g/mol. The Morgan fingerprint density at radius 2 is 1.88 bits per heavy atom. The molecule has 0 spiro atoms. The maximum atomic E-state index is 12.5. The summed E-state index contributed by atoms with van der Waals surface area (Å²) in [5.41, 5.74) is 3.82. The van der Waals surface area contributed by atoms with E-state index in [0.29, 0.717) is 18.8 Å². The Morgan fingerprint density at radius 3 is 2.52 bits per heavy atom. The van der Waals surface area contributed by atoms with Crippen LogP contribution in [0.5, 0.6) is 5.75 Å². The number of ether oxygens (including phenoxy) is 2. The van der Waals surface area contributed by atoms with Gasteiger partial charge in [0.05, 0.1) is 36.4 Å². The predicted molar refractivity (Wildman–Crippen MR) is 123 cm³/mol. The fraction of sp³-hybridized carbons (Fsp3) is 0.435. The molecule has 3 heterocycles. The number of rotatable bonds is 6. The molecular weight excluding hydrogens is 430 g/mol. The van der Waals surface area contributed by atoms with Crippen molar-refractivity contribution < 1.29 is 29.3 Å². The molecule has 0 bridgehead atoms. The minimum atomic E-state index is -1.26. The third kappa shape index (κ3) is 6.56. The number of aromatic nitrogens is 1. The van der Waals surface area contributed by atoms with Crippen LogP contribution in [0.25, 0.3) is 10.9 Å². The number of benzene rings is 1. The molecular formula is C23H29N3O7. The van der Waals surface area contributed by atoms with E-state index in [1.165, 1.54) is 0 Å². The predicted octanol–water partition coefficient (Wildman–Crippen LogP) is 1.83. The van der Waals surface area contributed by atoms with Crippen molar-refractivity contribution in [2.75, 3.05) is 44.8 Å². The minimum absolute atomic E-state index is 0.0145. The number of nitrogens with one attached hydrogen (secondary N) is 2. The van der Waals surface area contributed by atoms with Gasteiger partial charge >= 0.3 is 11.9 Å². The van der Waals surface area contributed by atoms with Gasteiger partial charge < -0.3 is 30.0 Å². The van der Waals surface area contributed by atoms with Gasteiger partial charge in [0, 0.05) is 43.9 Å². The average Bonchev–Trinajstić information content (AvgIpc) is 2.79. The lowest BCUT2D eigenvalue weighted by Gasteiger charge is -2.27. The molecule has 33 heavy (non-hydrogen) atoms. The molecule has 10 nitrogen and oxygen atoms in total. The number of carboxylic acid groups (broad SMARTS) is 2. The standard InChI is InChI=1S/C19H25N3O3.C4H4O4/c1-2-25-16-11-13(12-22-6-8-24-9-7-22)10-15-17(16)18-14(19(23)21-15)4-3-5-20-18;5-3(6)1-2-4(7)8/h10-11,20H,2-9,12H2,1H3,(H,21,23);1-2H,(H,5,6)(H,7,8)/b;2-1-. The molecule has 0 aliphatic carbocycles. The largest absolute Gasteiger partial charge is 0.493 e. The Balaban J connectivity index is 0.000000331. The number of fused-ring (bicyclic) bond motifs is 3. The summed E-state index contributed by atoms with van der Waals surface area (Å²) in [4.78, 5) is 37.0. The zero-order chi connectivity index (χ0) is 23.8. The SMILES string of the molecule is CCOc1cc(CN2CCOCC2)cc2[nH]c(=O)c3c(c12)NCCC3.O=C(O)/C=C\C(=O)O. The second-order valence-electron chi connectivity index (χ2n) is 7.69. The Kier molecular flexibility index (Phi) is 8.45. The lowest BCUT2D eigenvalue weighted by Crippen LogP contribution is -2.35.